The lowest BCUT2D eigenvalue weighted by Crippen LogP contribution is -2.44. The van der Waals surface area contributed by atoms with Crippen molar-refractivity contribution in [2.45, 2.75) is 32.7 Å². The van der Waals surface area contributed by atoms with E-state index in [1.165, 1.54) is 19.3 Å². The number of amides is 1. The third-order valence-corrected chi connectivity index (χ3v) is 7.22. The number of carbonyl (C=O) groups is 1. The molecular weight excluding hydrogens is 428 g/mol. The van der Waals surface area contributed by atoms with Crippen LogP contribution >= 0.6 is 0 Å². The lowest BCUT2D eigenvalue weighted by Gasteiger charge is -2.39. The Balaban J connectivity index is 1.40. The Morgan fingerprint density at radius 3 is 2.50 bits per heavy atom. The summed E-state index contributed by atoms with van der Waals surface area (Å²) < 4.78 is 2.08. The largest absolute Gasteiger partial charge is 0.368 e. The van der Waals surface area contributed by atoms with Gasteiger partial charge in [0, 0.05) is 58.4 Å². The van der Waals surface area contributed by atoms with E-state index in [2.05, 4.69) is 49.7 Å². The van der Waals surface area contributed by atoms with E-state index in [0.29, 0.717) is 17.5 Å². The predicted octanol–water partition coefficient (Wildman–Crippen LogP) is 3.21. The minimum absolute atomic E-state index is 0.0170. The molecule has 1 aliphatic carbocycles. The number of hydrogen-bond acceptors (Lipinski definition) is 7. The van der Waals surface area contributed by atoms with E-state index in [1.54, 1.807) is 25.2 Å². The van der Waals surface area contributed by atoms with Crippen molar-refractivity contribution < 1.29 is 4.79 Å². The zero-order valence-corrected chi connectivity index (χ0v) is 20.6. The van der Waals surface area contributed by atoms with Crippen molar-refractivity contribution >= 4 is 34.4 Å². The van der Waals surface area contributed by atoms with Gasteiger partial charge in [-0.15, -0.1) is 0 Å². The number of piperazine rings is 1. The molecule has 0 spiro atoms. The molecule has 2 aliphatic rings. The lowest BCUT2D eigenvalue weighted by atomic mass is 9.70. The lowest BCUT2D eigenvalue weighted by molar-refractivity contribution is 0.0804. The van der Waals surface area contributed by atoms with Gasteiger partial charge in [0.25, 0.3) is 5.91 Å². The van der Waals surface area contributed by atoms with Gasteiger partial charge in [0.1, 0.15) is 17.2 Å². The highest BCUT2D eigenvalue weighted by molar-refractivity contribution is 5.97. The number of pyridine rings is 1. The van der Waals surface area contributed by atoms with Crippen LogP contribution in [0.1, 0.15) is 36.7 Å². The van der Waals surface area contributed by atoms with Crippen LogP contribution in [0.5, 0.6) is 0 Å². The van der Waals surface area contributed by atoms with E-state index < -0.39 is 0 Å². The van der Waals surface area contributed by atoms with E-state index in [0.717, 1.165) is 49.4 Å². The van der Waals surface area contributed by atoms with Gasteiger partial charge in [-0.25, -0.2) is 9.97 Å². The Morgan fingerprint density at radius 2 is 1.88 bits per heavy atom. The second kappa shape index (κ2) is 8.87. The molecule has 2 fully saturated rings. The first-order chi connectivity index (χ1) is 16.3. The molecule has 1 amide bonds. The molecule has 9 nitrogen and oxygen atoms in total. The maximum Gasteiger partial charge on any atom is 0.270 e. The van der Waals surface area contributed by atoms with E-state index in [1.807, 2.05) is 18.3 Å². The molecule has 0 bridgehead atoms. The molecule has 1 aliphatic heterocycles. The number of anilines is 3. The van der Waals surface area contributed by atoms with E-state index in [4.69, 9.17) is 4.98 Å². The number of aromatic nitrogens is 4. The Hall–Kier alpha value is -3.20. The molecule has 4 heterocycles. The second-order valence-corrected chi connectivity index (χ2v) is 10.3. The normalized spacial score (nSPS) is 18.1. The molecule has 0 atom stereocenters. The van der Waals surface area contributed by atoms with Crippen LogP contribution in [-0.4, -0.2) is 82.5 Å². The van der Waals surface area contributed by atoms with Gasteiger partial charge >= 0.3 is 0 Å². The molecule has 3 aromatic heterocycles. The zero-order valence-electron chi connectivity index (χ0n) is 20.6. The molecule has 34 heavy (non-hydrogen) atoms. The van der Waals surface area contributed by atoms with Gasteiger partial charge in [-0.05, 0) is 43.5 Å². The van der Waals surface area contributed by atoms with Crippen molar-refractivity contribution in [2.75, 3.05) is 57.5 Å². The number of hydrogen-bond donors (Lipinski definition) is 1. The summed E-state index contributed by atoms with van der Waals surface area (Å²) >= 11 is 0. The van der Waals surface area contributed by atoms with Gasteiger partial charge in [0.05, 0.1) is 11.9 Å². The van der Waals surface area contributed by atoms with Gasteiger partial charge in [-0.1, -0.05) is 13.3 Å². The highest BCUT2D eigenvalue weighted by atomic mass is 16.2. The van der Waals surface area contributed by atoms with Crippen molar-refractivity contribution in [2.24, 2.45) is 5.41 Å². The summed E-state index contributed by atoms with van der Waals surface area (Å²) in [6.45, 7) is 7.21. The molecule has 9 heteroatoms. The van der Waals surface area contributed by atoms with Crippen LogP contribution in [0.2, 0.25) is 0 Å². The van der Waals surface area contributed by atoms with E-state index in [-0.39, 0.29) is 11.3 Å². The second-order valence-electron chi connectivity index (χ2n) is 10.3. The number of carbonyl (C=O) groups excluding carboxylic acids is 1. The minimum atomic E-state index is -0.0170. The Morgan fingerprint density at radius 1 is 1.12 bits per heavy atom. The molecular formula is C25H34N8O. The molecule has 1 N–H and O–H groups in total. The van der Waals surface area contributed by atoms with E-state index in [9.17, 15) is 4.79 Å². The highest BCUT2D eigenvalue weighted by Gasteiger charge is 2.34. The topological polar surface area (TPSA) is 82.4 Å². The first kappa shape index (κ1) is 22.6. The molecule has 1 saturated carbocycles. The summed E-state index contributed by atoms with van der Waals surface area (Å²) in [5.41, 5.74) is 2.77. The molecule has 0 aromatic carbocycles. The zero-order chi connectivity index (χ0) is 23.9. The average Bonchev–Trinajstić information content (AvgIpc) is 3.16. The van der Waals surface area contributed by atoms with Crippen LogP contribution < -0.4 is 10.2 Å². The van der Waals surface area contributed by atoms with Crippen LogP contribution in [0.4, 0.5) is 17.5 Å². The molecule has 3 aromatic rings. The molecule has 5 rings (SSSR count). The summed E-state index contributed by atoms with van der Waals surface area (Å²) in [7, 11) is 5.72. The molecule has 0 unspecified atom stereocenters. The first-order valence-electron chi connectivity index (χ1n) is 12.1. The van der Waals surface area contributed by atoms with Gasteiger partial charge in [0.2, 0.25) is 5.95 Å². The average molecular weight is 463 g/mol. The number of likely N-dealkylation sites (N-methyl/N-ethyl adjacent to an activating group) is 1. The summed E-state index contributed by atoms with van der Waals surface area (Å²) in [4.78, 5) is 33.1. The third-order valence-electron chi connectivity index (χ3n) is 7.22. The van der Waals surface area contributed by atoms with Crippen LogP contribution in [0.25, 0.3) is 11.0 Å². The summed E-state index contributed by atoms with van der Waals surface area (Å²) in [6.07, 6.45) is 7.27. The summed E-state index contributed by atoms with van der Waals surface area (Å²) in [5, 5.41) is 4.12. The minimum Gasteiger partial charge on any atom is -0.368 e. The third kappa shape index (κ3) is 4.44. The highest BCUT2D eigenvalue weighted by Crippen LogP contribution is 2.42. The van der Waals surface area contributed by atoms with Crippen LogP contribution in [0, 0.1) is 5.41 Å². The fourth-order valence-electron chi connectivity index (χ4n) is 4.81. The SMILES string of the molecule is CN1CCN(c2ccc(Nc3ncc4cc(C(=O)N(C)C)n(CC5(C)CCC5)c4n3)nc2)CC1. The quantitative estimate of drug-likeness (QED) is 0.602. The van der Waals surface area contributed by atoms with Crippen LogP contribution in [-0.2, 0) is 6.54 Å². The Labute approximate surface area is 200 Å². The Bertz CT molecular complexity index is 1170. The maximum absolute atomic E-state index is 12.9. The first-order valence-corrected chi connectivity index (χ1v) is 12.1. The maximum atomic E-state index is 12.9. The fourth-order valence-corrected chi connectivity index (χ4v) is 4.81. The van der Waals surface area contributed by atoms with Gasteiger partial charge in [-0.2, -0.15) is 4.98 Å². The van der Waals surface area contributed by atoms with Crippen molar-refractivity contribution in [3.63, 3.8) is 0 Å². The molecule has 0 radical (unpaired) electrons. The fraction of sp³-hybridized carbons (Fsp3) is 0.520. The van der Waals surface area contributed by atoms with Crippen LogP contribution in [0.3, 0.4) is 0 Å². The summed E-state index contributed by atoms with van der Waals surface area (Å²) in [6, 6.07) is 5.97. The number of nitrogens with zero attached hydrogens (tertiary/aromatic N) is 7. The smallest absolute Gasteiger partial charge is 0.270 e. The predicted molar refractivity (Wildman–Crippen MR) is 135 cm³/mol. The van der Waals surface area contributed by atoms with E-state index >= 15 is 0 Å². The van der Waals surface area contributed by atoms with Gasteiger partial charge in [0.15, 0.2) is 0 Å². The van der Waals surface area contributed by atoms with Crippen molar-refractivity contribution in [3.8, 4) is 0 Å². The van der Waals surface area contributed by atoms with Gasteiger partial charge < -0.3 is 24.6 Å². The monoisotopic (exact) mass is 462 g/mol. The number of rotatable bonds is 6. The standard InChI is InChI=1S/C25H34N8O/c1-25(8-5-9-25)17-33-20(23(34)30(2)3)14-18-15-27-24(29-22(18)33)28-21-7-6-19(16-26-21)32-12-10-31(4)11-13-32/h6-7,14-16H,5,8-13,17H2,1-4H3,(H,26,27,28,29). The molecule has 180 valence electrons. The van der Waals surface area contributed by atoms with Gasteiger partial charge in [-0.3, -0.25) is 4.79 Å². The molecule has 1 saturated heterocycles. The van der Waals surface area contributed by atoms with Crippen molar-refractivity contribution in [3.05, 3.63) is 36.3 Å². The Kier molecular flexibility index (Phi) is 5.89. The van der Waals surface area contributed by atoms with Crippen molar-refractivity contribution in [1.29, 1.82) is 0 Å². The number of fused-ring (bicyclic) bond motifs is 1. The number of nitrogens with one attached hydrogen (secondary N) is 1. The summed E-state index contributed by atoms with van der Waals surface area (Å²) in [5.74, 6) is 1.16. The van der Waals surface area contributed by atoms with Crippen molar-refractivity contribution in [1.82, 2.24) is 29.3 Å². The van der Waals surface area contributed by atoms with Crippen LogP contribution in [0.15, 0.2) is 30.6 Å².